The van der Waals surface area contributed by atoms with Gasteiger partial charge in [-0.05, 0) is 61.4 Å². The molecule has 48 heavy (non-hydrogen) atoms. The van der Waals surface area contributed by atoms with Crippen LogP contribution < -0.4 is 19.6 Å². The lowest BCUT2D eigenvalue weighted by Crippen LogP contribution is -2.40. The number of esters is 1. The van der Waals surface area contributed by atoms with Crippen molar-refractivity contribution in [2.24, 2.45) is 4.99 Å². The van der Waals surface area contributed by atoms with Crippen molar-refractivity contribution in [3.63, 3.8) is 0 Å². The number of rotatable bonds is 9. The molecule has 1 atom stereocenters. The van der Waals surface area contributed by atoms with E-state index in [0.29, 0.717) is 44.5 Å². The summed E-state index contributed by atoms with van der Waals surface area (Å²) >= 11 is 7.44. The Labute approximate surface area is 286 Å². The van der Waals surface area contributed by atoms with E-state index >= 15 is 0 Å². The summed E-state index contributed by atoms with van der Waals surface area (Å²) in [5.41, 5.74) is 5.15. The Hall–Kier alpha value is -5.18. The monoisotopic (exact) mass is 673 g/mol. The number of carbonyl (C=O) groups is 1. The summed E-state index contributed by atoms with van der Waals surface area (Å²) in [6.07, 6.45) is 4.00. The number of benzene rings is 4. The molecule has 0 spiro atoms. The number of ether oxygens (including phenoxy) is 2. The predicted molar refractivity (Wildman–Crippen MR) is 191 cm³/mol. The Morgan fingerprint density at radius 2 is 1.65 bits per heavy atom. The topological polar surface area (TPSA) is 74.8 Å². The van der Waals surface area contributed by atoms with Crippen LogP contribution in [0, 0.1) is 0 Å². The summed E-state index contributed by atoms with van der Waals surface area (Å²) in [6, 6.07) is 32.2. The smallest absolute Gasteiger partial charge is 0.338 e. The normalized spacial score (nSPS) is 14.6. The first-order valence-electron chi connectivity index (χ1n) is 15.8. The highest BCUT2D eigenvalue weighted by Gasteiger charge is 2.35. The molecular weight excluding hydrogens is 642 g/mol. The van der Waals surface area contributed by atoms with Gasteiger partial charge in [-0.25, -0.2) is 9.79 Å². The van der Waals surface area contributed by atoms with Gasteiger partial charge in [0.25, 0.3) is 5.56 Å². The molecule has 0 N–H and O–H groups in total. The van der Waals surface area contributed by atoms with Crippen molar-refractivity contribution in [3.8, 4) is 5.75 Å². The highest BCUT2D eigenvalue weighted by Crippen LogP contribution is 2.36. The second-order valence-corrected chi connectivity index (χ2v) is 12.7. The molecule has 1 aliphatic rings. The molecule has 0 saturated heterocycles. The summed E-state index contributed by atoms with van der Waals surface area (Å²) in [6.45, 7) is 5.05. The number of fused-ring (bicyclic) bond motifs is 2. The van der Waals surface area contributed by atoms with Gasteiger partial charge in [-0.2, -0.15) is 0 Å². The van der Waals surface area contributed by atoms with Crippen LogP contribution in [-0.4, -0.2) is 28.3 Å². The number of halogens is 1. The van der Waals surface area contributed by atoms with Gasteiger partial charge in [0.1, 0.15) is 5.75 Å². The van der Waals surface area contributed by atoms with Crippen LogP contribution >= 0.6 is 22.9 Å². The van der Waals surface area contributed by atoms with Crippen LogP contribution in [-0.2, 0) is 16.1 Å². The van der Waals surface area contributed by atoms with E-state index in [1.54, 1.807) is 11.5 Å². The standard InChI is InChI=1S/C39H32ClN3O4S/c1-3-46-30-20-16-27(17-21-30)36-34(38(45)47-4-2)35(26-10-6-5-7-11-26)41-39-43(36)37(44)33(48-39)22-28-24-42(32-13-9-8-12-31(28)32)23-25-14-18-29(40)19-15-25/h5-22,24,36H,3-4,23H2,1-2H3/b33-22+/t36-/m1/s1. The largest absolute Gasteiger partial charge is 0.494 e. The molecule has 0 fully saturated rings. The molecule has 240 valence electrons. The second-order valence-electron chi connectivity index (χ2n) is 11.3. The zero-order valence-electron chi connectivity index (χ0n) is 26.4. The first kappa shape index (κ1) is 31.4. The lowest BCUT2D eigenvalue weighted by Gasteiger charge is -2.26. The van der Waals surface area contributed by atoms with Gasteiger partial charge in [0, 0.05) is 39.8 Å². The van der Waals surface area contributed by atoms with Gasteiger partial charge in [-0.1, -0.05) is 95.7 Å². The van der Waals surface area contributed by atoms with Crippen molar-refractivity contribution in [2.75, 3.05) is 13.2 Å². The van der Waals surface area contributed by atoms with Crippen molar-refractivity contribution in [2.45, 2.75) is 26.4 Å². The molecule has 4 aromatic carbocycles. The van der Waals surface area contributed by atoms with E-state index in [4.69, 9.17) is 26.1 Å². The van der Waals surface area contributed by atoms with E-state index in [9.17, 15) is 9.59 Å². The number of hydrogen-bond acceptors (Lipinski definition) is 6. The minimum atomic E-state index is -0.764. The number of hydrogen-bond donors (Lipinski definition) is 0. The third kappa shape index (κ3) is 6.01. The minimum absolute atomic E-state index is 0.185. The summed E-state index contributed by atoms with van der Waals surface area (Å²) in [5.74, 6) is 0.187. The molecule has 0 radical (unpaired) electrons. The number of nitrogens with zero attached hydrogens (tertiary/aromatic N) is 3. The summed E-state index contributed by atoms with van der Waals surface area (Å²) < 4.78 is 15.6. The maximum atomic E-state index is 14.5. The molecule has 0 aliphatic carbocycles. The fourth-order valence-electron chi connectivity index (χ4n) is 6.12. The van der Waals surface area contributed by atoms with Crippen LogP contribution in [0.15, 0.2) is 125 Å². The summed E-state index contributed by atoms with van der Waals surface area (Å²) in [4.78, 5) is 33.7. The van der Waals surface area contributed by atoms with Gasteiger partial charge in [0.05, 0.1) is 35.1 Å². The fraction of sp³-hybridized carbons (Fsp3) is 0.154. The molecule has 0 bridgehead atoms. The second kappa shape index (κ2) is 13.5. The highest BCUT2D eigenvalue weighted by molar-refractivity contribution is 7.07. The number of aromatic nitrogens is 2. The van der Waals surface area contributed by atoms with Crippen molar-refractivity contribution >= 4 is 51.6 Å². The number of para-hydroxylation sites is 1. The maximum absolute atomic E-state index is 14.5. The third-order valence-corrected chi connectivity index (χ3v) is 9.49. The first-order chi connectivity index (χ1) is 23.4. The van der Waals surface area contributed by atoms with Crippen LogP contribution in [0.4, 0.5) is 0 Å². The Kier molecular flexibility index (Phi) is 8.84. The maximum Gasteiger partial charge on any atom is 0.338 e. The van der Waals surface area contributed by atoms with E-state index in [0.717, 1.165) is 33.2 Å². The average molecular weight is 674 g/mol. The van der Waals surface area contributed by atoms with Crippen LogP contribution in [0.1, 0.15) is 42.1 Å². The summed E-state index contributed by atoms with van der Waals surface area (Å²) in [7, 11) is 0. The van der Waals surface area contributed by atoms with Crippen molar-refractivity contribution in [1.29, 1.82) is 0 Å². The van der Waals surface area contributed by atoms with E-state index in [1.165, 1.54) is 11.3 Å². The molecule has 1 aliphatic heterocycles. The Morgan fingerprint density at radius 3 is 2.38 bits per heavy atom. The number of carbonyl (C=O) groups excluding carboxylic acids is 1. The molecule has 2 aromatic heterocycles. The molecule has 7 rings (SSSR count). The zero-order chi connectivity index (χ0) is 33.2. The van der Waals surface area contributed by atoms with Crippen LogP contribution in [0.3, 0.4) is 0 Å². The Morgan fingerprint density at radius 1 is 0.917 bits per heavy atom. The minimum Gasteiger partial charge on any atom is -0.494 e. The van der Waals surface area contributed by atoms with Gasteiger partial charge >= 0.3 is 5.97 Å². The molecule has 9 heteroatoms. The molecule has 0 unspecified atom stereocenters. The van der Waals surface area contributed by atoms with Gasteiger partial charge in [-0.15, -0.1) is 0 Å². The SMILES string of the molecule is CCOC(=O)C1=C(c2ccccc2)N=c2s/c(=C/c3cn(Cc4ccc(Cl)cc4)c4ccccc34)c(=O)n2[C@@H]1c1ccc(OCC)cc1. The van der Waals surface area contributed by atoms with E-state index in [2.05, 4.69) is 22.9 Å². The van der Waals surface area contributed by atoms with Crippen LogP contribution in [0.2, 0.25) is 5.02 Å². The van der Waals surface area contributed by atoms with Gasteiger partial charge in [0.15, 0.2) is 4.80 Å². The lowest BCUT2D eigenvalue weighted by atomic mass is 9.93. The van der Waals surface area contributed by atoms with Gasteiger partial charge < -0.3 is 14.0 Å². The summed E-state index contributed by atoms with van der Waals surface area (Å²) in [5, 5.41) is 1.72. The average Bonchev–Trinajstić information content (AvgIpc) is 3.61. The molecule has 0 amide bonds. The van der Waals surface area contributed by atoms with Crippen LogP contribution in [0.5, 0.6) is 5.75 Å². The number of thiazole rings is 1. The van der Waals surface area contributed by atoms with Crippen molar-refractivity contribution in [3.05, 3.63) is 162 Å². The molecule has 6 aromatic rings. The first-order valence-corrected chi connectivity index (χ1v) is 17.0. The molecule has 7 nitrogen and oxygen atoms in total. The lowest BCUT2D eigenvalue weighted by molar-refractivity contribution is -0.138. The van der Waals surface area contributed by atoms with Crippen LogP contribution in [0.25, 0.3) is 22.7 Å². The molecule has 0 saturated carbocycles. The van der Waals surface area contributed by atoms with Crippen molar-refractivity contribution in [1.82, 2.24) is 9.13 Å². The quantitative estimate of drug-likeness (QED) is 0.155. The van der Waals surface area contributed by atoms with Gasteiger partial charge in [0.2, 0.25) is 0 Å². The molecule has 3 heterocycles. The van der Waals surface area contributed by atoms with Gasteiger partial charge in [-0.3, -0.25) is 9.36 Å². The highest BCUT2D eigenvalue weighted by atomic mass is 35.5. The fourth-order valence-corrected chi connectivity index (χ4v) is 7.24. The zero-order valence-corrected chi connectivity index (χ0v) is 28.0. The van der Waals surface area contributed by atoms with Crippen molar-refractivity contribution < 1.29 is 14.3 Å². The van der Waals surface area contributed by atoms with E-state index in [1.807, 2.05) is 104 Å². The third-order valence-electron chi connectivity index (χ3n) is 8.25. The van der Waals surface area contributed by atoms with E-state index in [-0.39, 0.29) is 12.2 Å². The Bertz CT molecular complexity index is 2340. The molecular formula is C39H32ClN3O4S. The van der Waals surface area contributed by atoms with E-state index < -0.39 is 12.0 Å². The predicted octanol–water partition coefficient (Wildman–Crippen LogP) is 6.99. The Balaban J connectivity index is 1.43.